The Morgan fingerprint density at radius 2 is 2.05 bits per heavy atom. The summed E-state index contributed by atoms with van der Waals surface area (Å²) < 4.78 is 14.1. The SMILES string of the molecule is Nc1cc(Sc2cccc3cnccc23)c(F)cc1[N+](=O)[O-]. The monoisotopic (exact) mass is 315 g/mol. The molecule has 110 valence electrons. The molecular formula is C15H10FN3O2S. The normalized spacial score (nSPS) is 10.8. The molecule has 0 atom stereocenters. The molecule has 5 nitrogen and oxygen atoms in total. The summed E-state index contributed by atoms with van der Waals surface area (Å²) in [5.41, 5.74) is 5.14. The molecular weight excluding hydrogens is 305 g/mol. The van der Waals surface area contributed by atoms with Gasteiger partial charge in [0.2, 0.25) is 0 Å². The van der Waals surface area contributed by atoms with E-state index >= 15 is 0 Å². The molecule has 2 aromatic carbocycles. The predicted molar refractivity (Wildman–Crippen MR) is 83.3 cm³/mol. The van der Waals surface area contributed by atoms with Crippen molar-refractivity contribution in [3.8, 4) is 0 Å². The molecule has 2 N–H and O–H groups in total. The highest BCUT2D eigenvalue weighted by Crippen LogP contribution is 2.37. The van der Waals surface area contributed by atoms with Gasteiger partial charge in [0.15, 0.2) is 0 Å². The van der Waals surface area contributed by atoms with Crippen LogP contribution < -0.4 is 5.73 Å². The van der Waals surface area contributed by atoms with Crippen LogP contribution in [-0.4, -0.2) is 9.91 Å². The van der Waals surface area contributed by atoms with Gasteiger partial charge in [-0.2, -0.15) is 0 Å². The van der Waals surface area contributed by atoms with Crippen LogP contribution in [0.2, 0.25) is 0 Å². The molecule has 0 aliphatic rings. The summed E-state index contributed by atoms with van der Waals surface area (Å²) in [6.45, 7) is 0. The maximum absolute atomic E-state index is 14.1. The fourth-order valence-electron chi connectivity index (χ4n) is 2.10. The number of nitrogens with two attached hydrogens (primary N) is 1. The summed E-state index contributed by atoms with van der Waals surface area (Å²) in [7, 11) is 0. The quantitative estimate of drug-likeness (QED) is 0.448. The molecule has 3 rings (SSSR count). The smallest absolute Gasteiger partial charge is 0.295 e. The minimum absolute atomic E-state index is 0.0594. The molecule has 22 heavy (non-hydrogen) atoms. The molecule has 0 saturated heterocycles. The first-order valence-electron chi connectivity index (χ1n) is 6.30. The van der Waals surface area contributed by atoms with E-state index in [0.29, 0.717) is 0 Å². The van der Waals surface area contributed by atoms with Crippen molar-refractivity contribution in [1.29, 1.82) is 0 Å². The van der Waals surface area contributed by atoms with Gasteiger partial charge in [-0.3, -0.25) is 15.1 Å². The van der Waals surface area contributed by atoms with Crippen LogP contribution in [0.4, 0.5) is 15.8 Å². The van der Waals surface area contributed by atoms with Gasteiger partial charge >= 0.3 is 0 Å². The maximum Gasteiger partial charge on any atom is 0.295 e. The molecule has 3 aromatic rings. The van der Waals surface area contributed by atoms with E-state index in [1.54, 1.807) is 12.4 Å². The lowest BCUT2D eigenvalue weighted by Gasteiger charge is -2.08. The third kappa shape index (κ3) is 2.58. The molecule has 1 heterocycles. The highest BCUT2D eigenvalue weighted by Gasteiger charge is 2.17. The second kappa shape index (κ2) is 5.61. The van der Waals surface area contributed by atoms with Crippen LogP contribution in [0.1, 0.15) is 0 Å². The van der Waals surface area contributed by atoms with E-state index in [-0.39, 0.29) is 10.6 Å². The minimum atomic E-state index is -0.698. The fraction of sp³-hybridized carbons (Fsp3) is 0. The van der Waals surface area contributed by atoms with Crippen LogP contribution in [0, 0.1) is 15.9 Å². The van der Waals surface area contributed by atoms with E-state index in [9.17, 15) is 14.5 Å². The number of hydrogen-bond acceptors (Lipinski definition) is 5. The Hall–Kier alpha value is -2.67. The Balaban J connectivity index is 2.06. The summed E-state index contributed by atoms with van der Waals surface area (Å²) in [5.74, 6) is -0.669. The molecule has 0 fully saturated rings. The topological polar surface area (TPSA) is 82.0 Å². The number of aromatic nitrogens is 1. The molecule has 7 heteroatoms. The maximum atomic E-state index is 14.1. The number of nitrogens with zero attached hydrogens (tertiary/aromatic N) is 2. The number of fused-ring (bicyclic) bond motifs is 1. The van der Waals surface area contributed by atoms with E-state index in [1.807, 2.05) is 24.3 Å². The largest absolute Gasteiger partial charge is 0.393 e. The Morgan fingerprint density at radius 1 is 1.23 bits per heavy atom. The zero-order valence-electron chi connectivity index (χ0n) is 11.2. The lowest BCUT2D eigenvalue weighted by Crippen LogP contribution is -1.97. The van der Waals surface area contributed by atoms with Crippen molar-refractivity contribution < 1.29 is 9.31 Å². The zero-order chi connectivity index (χ0) is 15.7. The summed E-state index contributed by atoms with van der Waals surface area (Å²) in [6.07, 6.45) is 3.38. The van der Waals surface area contributed by atoms with E-state index in [0.717, 1.165) is 21.7 Å². The molecule has 0 unspecified atom stereocenters. The first kappa shape index (κ1) is 14.3. The molecule has 0 aliphatic carbocycles. The number of nitro groups is 1. The van der Waals surface area contributed by atoms with Gasteiger partial charge in [-0.1, -0.05) is 23.9 Å². The molecule has 0 aliphatic heterocycles. The van der Waals surface area contributed by atoms with Crippen LogP contribution in [-0.2, 0) is 0 Å². The number of nitro benzene ring substituents is 1. The van der Waals surface area contributed by atoms with E-state index in [1.165, 1.54) is 17.8 Å². The Morgan fingerprint density at radius 3 is 2.82 bits per heavy atom. The number of nitrogen functional groups attached to an aromatic ring is 1. The average molecular weight is 315 g/mol. The zero-order valence-corrected chi connectivity index (χ0v) is 12.0. The van der Waals surface area contributed by atoms with Crippen LogP contribution in [0.25, 0.3) is 10.8 Å². The van der Waals surface area contributed by atoms with Crippen molar-refractivity contribution in [2.24, 2.45) is 0 Å². The molecule has 1 aromatic heterocycles. The summed E-state index contributed by atoms with van der Waals surface area (Å²) in [4.78, 5) is 15.2. The van der Waals surface area contributed by atoms with Gasteiger partial charge in [-0.25, -0.2) is 4.39 Å². The fourth-order valence-corrected chi connectivity index (χ4v) is 3.12. The molecule has 0 saturated carbocycles. The van der Waals surface area contributed by atoms with Crippen molar-refractivity contribution in [3.05, 3.63) is 64.7 Å². The van der Waals surface area contributed by atoms with Crippen LogP contribution in [0.15, 0.2) is 58.6 Å². The van der Waals surface area contributed by atoms with Gasteiger partial charge in [-0.05, 0) is 23.6 Å². The number of benzene rings is 2. The van der Waals surface area contributed by atoms with Crippen LogP contribution in [0.3, 0.4) is 0 Å². The lowest BCUT2D eigenvalue weighted by atomic mass is 10.2. The van der Waals surface area contributed by atoms with Gasteiger partial charge in [0.05, 0.1) is 15.9 Å². The van der Waals surface area contributed by atoms with Crippen molar-refractivity contribution in [2.75, 3.05) is 5.73 Å². The second-order valence-corrected chi connectivity index (χ2v) is 5.64. The molecule has 0 amide bonds. The highest BCUT2D eigenvalue weighted by molar-refractivity contribution is 7.99. The number of anilines is 1. The highest BCUT2D eigenvalue weighted by atomic mass is 32.2. The van der Waals surface area contributed by atoms with Gasteiger partial charge < -0.3 is 5.73 Å². The summed E-state index contributed by atoms with van der Waals surface area (Å²) in [6, 6.07) is 9.59. The third-order valence-corrected chi connectivity index (χ3v) is 4.25. The summed E-state index contributed by atoms with van der Waals surface area (Å²) >= 11 is 1.17. The number of pyridine rings is 1. The van der Waals surface area contributed by atoms with Crippen molar-refractivity contribution in [2.45, 2.75) is 9.79 Å². The van der Waals surface area contributed by atoms with Gasteiger partial charge in [0.25, 0.3) is 5.69 Å². The van der Waals surface area contributed by atoms with Crippen molar-refractivity contribution in [1.82, 2.24) is 4.98 Å². The molecule has 0 radical (unpaired) electrons. The van der Waals surface area contributed by atoms with Crippen LogP contribution >= 0.6 is 11.8 Å². The Labute approximate surface area is 129 Å². The standard InChI is InChI=1S/C15H10FN3O2S/c16-11-6-13(19(20)21)12(17)7-15(11)22-14-3-1-2-9-8-18-5-4-10(9)14/h1-8H,17H2. The van der Waals surface area contributed by atoms with Gasteiger partial charge in [0, 0.05) is 22.7 Å². The summed E-state index contributed by atoms with van der Waals surface area (Å²) in [5, 5.41) is 12.6. The second-order valence-electron chi connectivity index (χ2n) is 4.55. The van der Waals surface area contributed by atoms with Crippen molar-refractivity contribution in [3.63, 3.8) is 0 Å². The number of hydrogen-bond donors (Lipinski definition) is 1. The average Bonchev–Trinajstić information content (AvgIpc) is 2.50. The minimum Gasteiger partial charge on any atom is -0.393 e. The molecule has 0 spiro atoms. The Bertz CT molecular complexity index is 881. The number of halogens is 1. The van der Waals surface area contributed by atoms with Gasteiger partial charge in [-0.15, -0.1) is 0 Å². The first-order chi connectivity index (χ1) is 10.6. The van der Waals surface area contributed by atoms with Crippen molar-refractivity contribution >= 4 is 33.9 Å². The van der Waals surface area contributed by atoms with E-state index in [2.05, 4.69) is 4.98 Å². The Kier molecular flexibility index (Phi) is 3.64. The first-order valence-corrected chi connectivity index (χ1v) is 7.12. The van der Waals surface area contributed by atoms with Crippen LogP contribution in [0.5, 0.6) is 0 Å². The lowest BCUT2D eigenvalue weighted by molar-refractivity contribution is -0.384. The van der Waals surface area contributed by atoms with Gasteiger partial charge in [0.1, 0.15) is 11.5 Å². The van der Waals surface area contributed by atoms with E-state index in [4.69, 9.17) is 5.73 Å². The predicted octanol–water partition coefficient (Wildman–Crippen LogP) is 4.02. The number of rotatable bonds is 3. The molecule has 0 bridgehead atoms. The van der Waals surface area contributed by atoms with E-state index < -0.39 is 16.4 Å². The third-order valence-electron chi connectivity index (χ3n) is 3.14.